The number of rotatable bonds is 3. The van der Waals surface area contributed by atoms with Crippen LogP contribution in [-0.4, -0.2) is 22.4 Å². The van der Waals surface area contributed by atoms with Gasteiger partial charge in [-0.2, -0.15) is 5.10 Å². The summed E-state index contributed by atoms with van der Waals surface area (Å²) in [6, 6.07) is 6.34. The Balaban J connectivity index is 2.14. The lowest BCUT2D eigenvalue weighted by Crippen LogP contribution is -2.24. The van der Waals surface area contributed by atoms with Crippen molar-refractivity contribution in [3.8, 4) is 16.9 Å². The van der Waals surface area contributed by atoms with E-state index in [1.165, 1.54) is 16.8 Å². The largest absolute Gasteiger partial charge is 0.488 e. The second-order valence-electron chi connectivity index (χ2n) is 5.34. The van der Waals surface area contributed by atoms with Crippen molar-refractivity contribution in [2.75, 3.05) is 6.54 Å². The smallest absolute Gasteiger partial charge is 0.131 e. The Morgan fingerprint density at radius 1 is 1.40 bits per heavy atom. The average molecular weight is 271 g/mol. The fourth-order valence-electron chi connectivity index (χ4n) is 3.06. The standard InChI is InChI=1S/C16H21N3O/c1-4-19-11(3)15(10(2)18-19)14-7-5-6-12-8-13(9-17)20-16(12)14/h5-7,13H,4,8-9,17H2,1-3H3. The van der Waals surface area contributed by atoms with Gasteiger partial charge in [0.1, 0.15) is 11.9 Å². The van der Waals surface area contributed by atoms with Gasteiger partial charge in [-0.05, 0) is 26.3 Å². The van der Waals surface area contributed by atoms with Crippen LogP contribution in [0.15, 0.2) is 18.2 Å². The fraction of sp³-hybridized carbons (Fsp3) is 0.438. The second kappa shape index (κ2) is 4.94. The van der Waals surface area contributed by atoms with E-state index in [0.29, 0.717) is 6.54 Å². The molecule has 2 N–H and O–H groups in total. The molecule has 0 spiro atoms. The Kier molecular flexibility index (Phi) is 3.26. The molecule has 1 aromatic heterocycles. The molecular weight excluding hydrogens is 250 g/mol. The van der Waals surface area contributed by atoms with E-state index in [4.69, 9.17) is 10.5 Å². The molecule has 1 aromatic carbocycles. The fourth-order valence-corrected chi connectivity index (χ4v) is 3.06. The first-order chi connectivity index (χ1) is 9.65. The molecule has 0 saturated heterocycles. The summed E-state index contributed by atoms with van der Waals surface area (Å²) >= 11 is 0. The van der Waals surface area contributed by atoms with Gasteiger partial charge in [0.15, 0.2) is 0 Å². The van der Waals surface area contributed by atoms with Crippen LogP contribution in [0, 0.1) is 13.8 Å². The monoisotopic (exact) mass is 271 g/mol. The summed E-state index contributed by atoms with van der Waals surface area (Å²) < 4.78 is 8.07. The Hall–Kier alpha value is -1.81. The average Bonchev–Trinajstić information content (AvgIpc) is 2.99. The quantitative estimate of drug-likeness (QED) is 0.933. The lowest BCUT2D eigenvalue weighted by atomic mass is 9.99. The van der Waals surface area contributed by atoms with E-state index in [1.807, 2.05) is 4.68 Å². The van der Waals surface area contributed by atoms with Crippen LogP contribution in [0.1, 0.15) is 23.9 Å². The Morgan fingerprint density at radius 3 is 2.85 bits per heavy atom. The molecule has 0 aliphatic carbocycles. The van der Waals surface area contributed by atoms with Crippen molar-refractivity contribution >= 4 is 0 Å². The molecule has 0 amide bonds. The first-order valence-electron chi connectivity index (χ1n) is 7.18. The number of benzene rings is 1. The molecule has 2 heterocycles. The normalized spacial score (nSPS) is 17.1. The van der Waals surface area contributed by atoms with Crippen molar-refractivity contribution in [3.05, 3.63) is 35.2 Å². The van der Waals surface area contributed by atoms with Crippen LogP contribution in [0.5, 0.6) is 5.75 Å². The van der Waals surface area contributed by atoms with Gasteiger partial charge in [0.05, 0.1) is 5.69 Å². The molecule has 0 fully saturated rings. The minimum Gasteiger partial charge on any atom is -0.488 e. The third-order valence-corrected chi connectivity index (χ3v) is 4.04. The molecule has 4 nitrogen and oxygen atoms in total. The highest BCUT2D eigenvalue weighted by atomic mass is 16.5. The highest BCUT2D eigenvalue weighted by molar-refractivity contribution is 5.76. The second-order valence-corrected chi connectivity index (χ2v) is 5.34. The molecule has 2 aromatic rings. The van der Waals surface area contributed by atoms with Crippen molar-refractivity contribution in [3.63, 3.8) is 0 Å². The molecule has 0 saturated carbocycles. The molecule has 20 heavy (non-hydrogen) atoms. The van der Waals surface area contributed by atoms with Crippen molar-refractivity contribution in [2.45, 2.75) is 39.8 Å². The summed E-state index contributed by atoms with van der Waals surface area (Å²) in [5.74, 6) is 0.991. The first kappa shape index (κ1) is 13.2. The molecule has 1 aliphatic rings. The van der Waals surface area contributed by atoms with Gasteiger partial charge in [-0.25, -0.2) is 0 Å². The third kappa shape index (κ3) is 1.91. The van der Waals surface area contributed by atoms with Crippen molar-refractivity contribution in [1.29, 1.82) is 0 Å². The maximum Gasteiger partial charge on any atom is 0.131 e. The first-order valence-corrected chi connectivity index (χ1v) is 7.18. The Morgan fingerprint density at radius 2 is 2.20 bits per heavy atom. The van der Waals surface area contributed by atoms with Crippen LogP contribution in [0.4, 0.5) is 0 Å². The van der Waals surface area contributed by atoms with Gasteiger partial charge in [-0.15, -0.1) is 0 Å². The summed E-state index contributed by atoms with van der Waals surface area (Å²) in [6.45, 7) is 7.73. The van der Waals surface area contributed by atoms with E-state index in [2.05, 4.69) is 44.1 Å². The molecule has 0 bridgehead atoms. The van der Waals surface area contributed by atoms with Crippen molar-refractivity contribution < 1.29 is 4.74 Å². The van der Waals surface area contributed by atoms with Crippen molar-refractivity contribution in [2.24, 2.45) is 5.73 Å². The lowest BCUT2D eigenvalue weighted by molar-refractivity contribution is 0.242. The zero-order chi connectivity index (χ0) is 14.3. The van der Waals surface area contributed by atoms with E-state index in [9.17, 15) is 0 Å². The minimum absolute atomic E-state index is 0.105. The number of para-hydroxylation sites is 1. The number of nitrogens with zero attached hydrogens (tertiary/aromatic N) is 2. The van der Waals surface area contributed by atoms with Crippen LogP contribution < -0.4 is 10.5 Å². The predicted octanol–water partition coefficient (Wildman–Crippen LogP) is 2.45. The summed E-state index contributed by atoms with van der Waals surface area (Å²) in [7, 11) is 0. The molecule has 4 heteroatoms. The summed E-state index contributed by atoms with van der Waals surface area (Å²) in [5.41, 5.74) is 11.6. The number of fused-ring (bicyclic) bond motifs is 1. The maximum atomic E-state index is 6.03. The van der Waals surface area contributed by atoms with Gasteiger partial charge >= 0.3 is 0 Å². The number of hydrogen-bond donors (Lipinski definition) is 1. The van der Waals surface area contributed by atoms with Crippen LogP contribution in [-0.2, 0) is 13.0 Å². The maximum absolute atomic E-state index is 6.03. The van der Waals surface area contributed by atoms with E-state index < -0.39 is 0 Å². The molecule has 0 radical (unpaired) electrons. The Bertz CT molecular complexity index is 645. The van der Waals surface area contributed by atoms with E-state index in [0.717, 1.165) is 30.0 Å². The Labute approximate surface area is 119 Å². The number of aromatic nitrogens is 2. The lowest BCUT2D eigenvalue weighted by Gasteiger charge is -2.11. The SMILES string of the molecule is CCn1nc(C)c(-c2cccc3c2OC(CN)C3)c1C. The minimum atomic E-state index is 0.105. The number of aryl methyl sites for hydroxylation is 2. The summed E-state index contributed by atoms with van der Waals surface area (Å²) in [6.07, 6.45) is 1.01. The molecule has 106 valence electrons. The summed E-state index contributed by atoms with van der Waals surface area (Å²) in [4.78, 5) is 0. The highest BCUT2D eigenvalue weighted by Gasteiger charge is 2.26. The molecule has 1 unspecified atom stereocenters. The van der Waals surface area contributed by atoms with Crippen LogP contribution in [0.25, 0.3) is 11.1 Å². The van der Waals surface area contributed by atoms with Crippen LogP contribution in [0.3, 0.4) is 0 Å². The number of nitrogens with two attached hydrogens (primary N) is 1. The number of ether oxygens (including phenoxy) is 1. The van der Waals surface area contributed by atoms with E-state index in [-0.39, 0.29) is 6.10 Å². The van der Waals surface area contributed by atoms with Crippen molar-refractivity contribution in [1.82, 2.24) is 9.78 Å². The molecule has 1 aliphatic heterocycles. The highest BCUT2D eigenvalue weighted by Crippen LogP contribution is 2.40. The van der Waals surface area contributed by atoms with Gasteiger partial charge in [-0.1, -0.05) is 18.2 Å². The molecular formula is C16H21N3O. The van der Waals surface area contributed by atoms with Gasteiger partial charge in [0.2, 0.25) is 0 Å². The van der Waals surface area contributed by atoms with Crippen LogP contribution >= 0.6 is 0 Å². The topological polar surface area (TPSA) is 53.1 Å². The third-order valence-electron chi connectivity index (χ3n) is 4.04. The van der Waals surface area contributed by atoms with Gasteiger partial charge in [0, 0.05) is 36.3 Å². The van der Waals surface area contributed by atoms with Gasteiger partial charge < -0.3 is 10.5 Å². The zero-order valence-corrected chi connectivity index (χ0v) is 12.3. The van der Waals surface area contributed by atoms with Crippen LogP contribution in [0.2, 0.25) is 0 Å². The van der Waals surface area contributed by atoms with E-state index in [1.54, 1.807) is 0 Å². The summed E-state index contributed by atoms with van der Waals surface area (Å²) in [5, 5.41) is 4.61. The van der Waals surface area contributed by atoms with E-state index >= 15 is 0 Å². The van der Waals surface area contributed by atoms with Gasteiger partial charge in [0.25, 0.3) is 0 Å². The molecule has 3 rings (SSSR count). The predicted molar refractivity (Wildman–Crippen MR) is 80.0 cm³/mol. The van der Waals surface area contributed by atoms with Gasteiger partial charge in [-0.3, -0.25) is 4.68 Å². The zero-order valence-electron chi connectivity index (χ0n) is 12.3. The molecule has 1 atom stereocenters. The number of hydrogen-bond acceptors (Lipinski definition) is 3.